The van der Waals surface area contributed by atoms with Crippen LogP contribution in [-0.2, 0) is 0 Å². The quantitative estimate of drug-likeness (QED) is 0.810. The van der Waals surface area contributed by atoms with Crippen molar-refractivity contribution in [3.8, 4) is 0 Å². The average Bonchev–Trinajstić information content (AvgIpc) is 2.48. The molecule has 19 heavy (non-hydrogen) atoms. The number of hydrogen-bond donors (Lipinski definition) is 1. The Labute approximate surface area is 122 Å². The molecule has 1 saturated carbocycles. The van der Waals surface area contributed by atoms with Crippen LogP contribution in [0.15, 0.2) is 29.2 Å². The molecule has 0 aliphatic heterocycles. The molecule has 1 aromatic carbocycles. The molecule has 0 aromatic heterocycles. The van der Waals surface area contributed by atoms with Gasteiger partial charge < -0.3 is 5.32 Å². The van der Waals surface area contributed by atoms with Gasteiger partial charge in [-0.2, -0.15) is 0 Å². The molecule has 0 spiro atoms. The van der Waals surface area contributed by atoms with Crippen molar-refractivity contribution >= 4 is 11.8 Å². The molecule has 1 nitrogen and oxygen atoms in total. The van der Waals surface area contributed by atoms with E-state index < -0.39 is 0 Å². The van der Waals surface area contributed by atoms with Crippen LogP contribution in [0.4, 0.5) is 0 Å². The minimum Gasteiger partial charge on any atom is -0.313 e. The standard InChI is InChI=1S/C17H27NS/c1-4-14-7-5-6-8-17(14)19-16-11-9-15(10-12-16)13(2)18-3/h9-14,17-18H,4-8H2,1-3H3. The van der Waals surface area contributed by atoms with Crippen LogP contribution in [-0.4, -0.2) is 12.3 Å². The van der Waals surface area contributed by atoms with Crippen LogP contribution < -0.4 is 5.32 Å². The lowest BCUT2D eigenvalue weighted by Gasteiger charge is -2.30. The van der Waals surface area contributed by atoms with E-state index in [2.05, 4.69) is 55.2 Å². The van der Waals surface area contributed by atoms with E-state index in [0.29, 0.717) is 6.04 Å². The van der Waals surface area contributed by atoms with E-state index in [1.807, 2.05) is 7.05 Å². The first-order chi connectivity index (χ1) is 9.24. The molecule has 2 rings (SSSR count). The summed E-state index contributed by atoms with van der Waals surface area (Å²) in [6.45, 7) is 4.55. The molecule has 1 aliphatic carbocycles. The number of benzene rings is 1. The monoisotopic (exact) mass is 277 g/mol. The van der Waals surface area contributed by atoms with Crippen molar-refractivity contribution in [2.75, 3.05) is 7.05 Å². The third-order valence-corrected chi connectivity index (χ3v) is 5.93. The van der Waals surface area contributed by atoms with Gasteiger partial charge in [0, 0.05) is 16.2 Å². The van der Waals surface area contributed by atoms with Gasteiger partial charge in [-0.1, -0.05) is 38.3 Å². The van der Waals surface area contributed by atoms with Gasteiger partial charge in [0.1, 0.15) is 0 Å². The van der Waals surface area contributed by atoms with Crippen LogP contribution in [0, 0.1) is 5.92 Å². The topological polar surface area (TPSA) is 12.0 Å². The van der Waals surface area contributed by atoms with E-state index in [-0.39, 0.29) is 0 Å². The van der Waals surface area contributed by atoms with Crippen LogP contribution in [0.25, 0.3) is 0 Å². The van der Waals surface area contributed by atoms with Gasteiger partial charge in [0.25, 0.3) is 0 Å². The second kappa shape index (κ2) is 7.35. The summed E-state index contributed by atoms with van der Waals surface area (Å²) in [4.78, 5) is 1.44. The Morgan fingerprint density at radius 3 is 2.53 bits per heavy atom. The summed E-state index contributed by atoms with van der Waals surface area (Å²) in [5.41, 5.74) is 1.38. The van der Waals surface area contributed by atoms with Crippen LogP contribution in [0.5, 0.6) is 0 Å². The van der Waals surface area contributed by atoms with Gasteiger partial charge in [0.15, 0.2) is 0 Å². The van der Waals surface area contributed by atoms with Crippen molar-refractivity contribution in [1.82, 2.24) is 5.32 Å². The van der Waals surface area contributed by atoms with Crippen LogP contribution in [0.2, 0.25) is 0 Å². The molecule has 1 N–H and O–H groups in total. The molecule has 0 amide bonds. The van der Waals surface area contributed by atoms with Crippen molar-refractivity contribution in [3.63, 3.8) is 0 Å². The Kier molecular flexibility index (Phi) is 5.77. The Bertz CT molecular complexity index is 373. The predicted octanol–water partition coefficient (Wildman–Crippen LogP) is 5.03. The summed E-state index contributed by atoms with van der Waals surface area (Å²) in [6, 6.07) is 9.59. The molecule has 1 fully saturated rings. The molecule has 0 bridgehead atoms. The third-order valence-electron chi connectivity index (χ3n) is 4.46. The highest BCUT2D eigenvalue weighted by molar-refractivity contribution is 8.00. The minimum absolute atomic E-state index is 0.442. The lowest BCUT2D eigenvalue weighted by atomic mass is 9.87. The maximum atomic E-state index is 3.29. The number of hydrogen-bond acceptors (Lipinski definition) is 2. The Morgan fingerprint density at radius 1 is 1.21 bits per heavy atom. The van der Waals surface area contributed by atoms with Gasteiger partial charge in [-0.05, 0) is 50.4 Å². The highest BCUT2D eigenvalue weighted by Crippen LogP contribution is 2.39. The largest absolute Gasteiger partial charge is 0.313 e. The zero-order valence-electron chi connectivity index (χ0n) is 12.5. The second-order valence-electron chi connectivity index (χ2n) is 5.69. The maximum Gasteiger partial charge on any atom is 0.0289 e. The highest BCUT2D eigenvalue weighted by atomic mass is 32.2. The molecule has 1 aliphatic rings. The maximum absolute atomic E-state index is 3.29. The first kappa shape index (κ1) is 14.9. The van der Waals surface area contributed by atoms with Gasteiger partial charge in [-0.25, -0.2) is 0 Å². The number of nitrogens with one attached hydrogen (secondary N) is 1. The summed E-state index contributed by atoms with van der Waals surface area (Å²) in [5, 5.41) is 4.13. The van der Waals surface area contributed by atoms with Crippen LogP contribution >= 0.6 is 11.8 Å². The predicted molar refractivity (Wildman–Crippen MR) is 85.8 cm³/mol. The molecule has 0 heterocycles. The SMILES string of the molecule is CCC1CCCCC1Sc1ccc(C(C)NC)cc1. The van der Waals surface area contributed by atoms with Crippen molar-refractivity contribution in [2.45, 2.75) is 62.1 Å². The fraction of sp³-hybridized carbons (Fsp3) is 0.647. The van der Waals surface area contributed by atoms with Crippen LogP contribution in [0.3, 0.4) is 0 Å². The van der Waals surface area contributed by atoms with E-state index in [1.165, 1.54) is 42.6 Å². The normalized spacial score (nSPS) is 25.2. The molecular formula is C17H27NS. The van der Waals surface area contributed by atoms with E-state index in [0.717, 1.165) is 11.2 Å². The minimum atomic E-state index is 0.442. The lowest BCUT2D eigenvalue weighted by molar-refractivity contribution is 0.361. The van der Waals surface area contributed by atoms with Crippen molar-refractivity contribution in [1.29, 1.82) is 0 Å². The zero-order valence-corrected chi connectivity index (χ0v) is 13.3. The lowest BCUT2D eigenvalue weighted by Crippen LogP contribution is -2.21. The van der Waals surface area contributed by atoms with Gasteiger partial charge in [0.05, 0.1) is 0 Å². The Hall–Kier alpha value is -0.470. The molecule has 2 heteroatoms. The van der Waals surface area contributed by atoms with E-state index in [9.17, 15) is 0 Å². The summed E-state index contributed by atoms with van der Waals surface area (Å²) < 4.78 is 0. The Balaban J connectivity index is 1.98. The molecule has 3 unspecified atom stereocenters. The first-order valence-corrected chi connectivity index (χ1v) is 8.56. The van der Waals surface area contributed by atoms with E-state index in [1.54, 1.807) is 0 Å². The van der Waals surface area contributed by atoms with E-state index in [4.69, 9.17) is 0 Å². The first-order valence-electron chi connectivity index (χ1n) is 7.68. The van der Waals surface area contributed by atoms with Gasteiger partial charge >= 0.3 is 0 Å². The molecular weight excluding hydrogens is 250 g/mol. The fourth-order valence-electron chi connectivity index (χ4n) is 2.97. The van der Waals surface area contributed by atoms with Gasteiger partial charge in [-0.15, -0.1) is 11.8 Å². The summed E-state index contributed by atoms with van der Waals surface area (Å²) in [5.74, 6) is 0.926. The molecule has 0 saturated heterocycles. The summed E-state index contributed by atoms with van der Waals surface area (Å²) >= 11 is 2.10. The zero-order chi connectivity index (χ0) is 13.7. The molecule has 106 valence electrons. The van der Waals surface area contributed by atoms with Gasteiger partial charge in [-0.3, -0.25) is 0 Å². The molecule has 3 atom stereocenters. The van der Waals surface area contributed by atoms with Gasteiger partial charge in [0.2, 0.25) is 0 Å². The molecule has 1 aromatic rings. The molecule has 0 radical (unpaired) electrons. The Morgan fingerprint density at radius 2 is 1.89 bits per heavy atom. The summed E-state index contributed by atoms with van der Waals surface area (Å²) in [6.07, 6.45) is 7.03. The van der Waals surface area contributed by atoms with Crippen molar-refractivity contribution in [3.05, 3.63) is 29.8 Å². The summed E-state index contributed by atoms with van der Waals surface area (Å²) in [7, 11) is 2.02. The second-order valence-corrected chi connectivity index (χ2v) is 7.00. The number of thioether (sulfide) groups is 1. The fourth-order valence-corrected chi connectivity index (χ4v) is 4.42. The van der Waals surface area contributed by atoms with Crippen molar-refractivity contribution < 1.29 is 0 Å². The smallest absolute Gasteiger partial charge is 0.0289 e. The van der Waals surface area contributed by atoms with Crippen molar-refractivity contribution in [2.24, 2.45) is 5.92 Å². The van der Waals surface area contributed by atoms with Crippen LogP contribution in [0.1, 0.15) is 57.6 Å². The number of rotatable bonds is 5. The van der Waals surface area contributed by atoms with E-state index >= 15 is 0 Å². The highest BCUT2D eigenvalue weighted by Gasteiger charge is 2.24. The average molecular weight is 277 g/mol. The third kappa shape index (κ3) is 4.00.